The molecule has 0 spiro atoms. The summed E-state index contributed by atoms with van der Waals surface area (Å²) in [4.78, 5) is 23.7. The summed E-state index contributed by atoms with van der Waals surface area (Å²) in [6.45, 7) is -1.78. The lowest BCUT2D eigenvalue weighted by Crippen LogP contribution is -2.18. The van der Waals surface area contributed by atoms with E-state index in [9.17, 15) is 22.8 Å². The molecule has 1 N–H and O–H groups in total. The van der Waals surface area contributed by atoms with Crippen LogP contribution in [0, 0.1) is 0 Å². The smallest absolute Gasteiger partial charge is 0.411 e. The summed E-state index contributed by atoms with van der Waals surface area (Å²) in [5, 5.41) is 6.32. The van der Waals surface area contributed by atoms with E-state index >= 15 is 0 Å². The third-order valence-electron chi connectivity index (χ3n) is 3.92. The first-order chi connectivity index (χ1) is 15.2. The minimum atomic E-state index is -4.43. The van der Waals surface area contributed by atoms with Crippen molar-refractivity contribution in [3.05, 3.63) is 65.9 Å². The average molecular weight is 453 g/mol. The lowest BCUT2D eigenvalue weighted by molar-refractivity contribution is -0.182. The third kappa shape index (κ3) is 6.60. The number of aromatic nitrogens is 2. The number of carbonyl (C=O) groups is 2. The van der Waals surface area contributed by atoms with Crippen LogP contribution in [0.2, 0.25) is 0 Å². The maximum atomic E-state index is 12.3. The second-order valence-corrected chi connectivity index (χ2v) is 6.39. The van der Waals surface area contributed by atoms with Crippen molar-refractivity contribution in [2.75, 3.05) is 19.0 Å². The van der Waals surface area contributed by atoms with Crippen molar-refractivity contribution in [3.63, 3.8) is 0 Å². The van der Waals surface area contributed by atoms with Crippen LogP contribution in [0.15, 0.2) is 53.2 Å². The van der Waals surface area contributed by atoms with Gasteiger partial charge in [0, 0.05) is 0 Å². The van der Waals surface area contributed by atoms with Crippen molar-refractivity contribution in [2.24, 2.45) is 0 Å². The van der Waals surface area contributed by atoms with Gasteiger partial charge in [0.05, 0.1) is 30.8 Å². The lowest BCUT2D eigenvalue weighted by atomic mass is 10.2. The van der Waals surface area contributed by atoms with Gasteiger partial charge in [-0.15, -0.1) is 0 Å². The SMILES string of the molecule is COC(=O)c1ccc(OCc2ccc(C(=O)Nc3cnn(COCC(F)(F)F)c3)o2)cc1. The van der Waals surface area contributed by atoms with Gasteiger partial charge in [0.2, 0.25) is 0 Å². The maximum absolute atomic E-state index is 12.3. The fourth-order valence-corrected chi connectivity index (χ4v) is 2.48. The van der Waals surface area contributed by atoms with E-state index in [1.54, 1.807) is 30.3 Å². The van der Waals surface area contributed by atoms with Gasteiger partial charge in [-0.05, 0) is 36.4 Å². The molecule has 3 aromatic rings. The highest BCUT2D eigenvalue weighted by Crippen LogP contribution is 2.18. The second kappa shape index (κ2) is 10.0. The molecule has 2 heterocycles. The van der Waals surface area contributed by atoms with E-state index in [0.717, 1.165) is 4.68 Å². The first kappa shape index (κ1) is 22.9. The fraction of sp³-hybridized carbons (Fsp3) is 0.250. The number of alkyl halides is 3. The Morgan fingerprint density at radius 1 is 1.16 bits per heavy atom. The number of anilines is 1. The van der Waals surface area contributed by atoms with Crippen molar-refractivity contribution in [3.8, 4) is 5.75 Å². The number of esters is 1. The van der Waals surface area contributed by atoms with Gasteiger partial charge in [-0.3, -0.25) is 4.79 Å². The standard InChI is InChI=1S/C20H18F3N3O6/c1-29-19(28)13-2-4-15(5-3-13)31-10-16-6-7-17(32-16)18(27)25-14-8-24-26(9-14)12-30-11-20(21,22)23/h2-9H,10-12H2,1H3,(H,25,27). The van der Waals surface area contributed by atoms with E-state index in [2.05, 4.69) is 19.9 Å². The van der Waals surface area contributed by atoms with Gasteiger partial charge in [0.25, 0.3) is 5.91 Å². The molecular weight excluding hydrogens is 435 g/mol. The maximum Gasteiger partial charge on any atom is 0.411 e. The van der Waals surface area contributed by atoms with Crippen molar-refractivity contribution in [1.82, 2.24) is 9.78 Å². The molecule has 3 rings (SSSR count). The number of ether oxygens (including phenoxy) is 3. The number of benzene rings is 1. The number of amides is 1. The Labute approximate surface area is 179 Å². The van der Waals surface area contributed by atoms with Crippen LogP contribution in [0.1, 0.15) is 26.7 Å². The van der Waals surface area contributed by atoms with E-state index in [-0.39, 0.29) is 18.1 Å². The average Bonchev–Trinajstić information content (AvgIpc) is 3.41. The number of rotatable bonds is 9. The van der Waals surface area contributed by atoms with Gasteiger partial charge in [-0.1, -0.05) is 0 Å². The summed E-state index contributed by atoms with van der Waals surface area (Å²) in [5.41, 5.74) is 0.637. The topological polar surface area (TPSA) is 105 Å². The Kier molecular flexibility index (Phi) is 7.15. The molecule has 0 fully saturated rings. The van der Waals surface area contributed by atoms with Gasteiger partial charge in [0.15, 0.2) is 5.76 Å². The Balaban J connectivity index is 1.49. The van der Waals surface area contributed by atoms with Crippen LogP contribution >= 0.6 is 0 Å². The molecule has 0 bridgehead atoms. The molecule has 0 aliphatic carbocycles. The molecule has 170 valence electrons. The van der Waals surface area contributed by atoms with E-state index in [1.807, 2.05) is 0 Å². The molecular formula is C20H18F3N3O6. The number of hydrogen-bond acceptors (Lipinski definition) is 7. The largest absolute Gasteiger partial charge is 0.486 e. The van der Waals surface area contributed by atoms with Crippen LogP contribution in [0.5, 0.6) is 5.75 Å². The molecule has 1 aromatic carbocycles. The molecule has 0 saturated heterocycles. The summed E-state index contributed by atoms with van der Waals surface area (Å²) in [5.74, 6) is -0.165. The quantitative estimate of drug-likeness (QED) is 0.494. The first-order valence-corrected chi connectivity index (χ1v) is 9.12. The summed E-state index contributed by atoms with van der Waals surface area (Å²) in [6.07, 6.45) is -1.85. The van der Waals surface area contributed by atoms with Gasteiger partial charge in [-0.2, -0.15) is 18.3 Å². The molecule has 0 atom stereocenters. The van der Waals surface area contributed by atoms with Crippen LogP contribution in [0.4, 0.5) is 18.9 Å². The minimum Gasteiger partial charge on any atom is -0.486 e. The second-order valence-electron chi connectivity index (χ2n) is 6.39. The van der Waals surface area contributed by atoms with Crippen molar-refractivity contribution < 1.29 is 41.4 Å². The zero-order chi connectivity index (χ0) is 23.1. The highest BCUT2D eigenvalue weighted by molar-refractivity contribution is 6.02. The molecule has 0 aliphatic heterocycles. The molecule has 0 unspecified atom stereocenters. The summed E-state index contributed by atoms with van der Waals surface area (Å²) < 4.78 is 57.5. The van der Waals surface area contributed by atoms with E-state index < -0.39 is 31.4 Å². The molecule has 12 heteroatoms. The van der Waals surface area contributed by atoms with Crippen LogP contribution in [-0.4, -0.2) is 41.5 Å². The number of halogens is 3. The fourth-order valence-electron chi connectivity index (χ4n) is 2.48. The Hall–Kier alpha value is -3.80. The highest BCUT2D eigenvalue weighted by Gasteiger charge is 2.27. The molecule has 2 aromatic heterocycles. The van der Waals surface area contributed by atoms with Crippen molar-refractivity contribution >= 4 is 17.6 Å². The summed E-state index contributed by atoms with van der Waals surface area (Å²) >= 11 is 0. The van der Waals surface area contributed by atoms with Gasteiger partial charge in [0.1, 0.15) is 31.5 Å². The first-order valence-electron chi connectivity index (χ1n) is 9.12. The van der Waals surface area contributed by atoms with Crippen molar-refractivity contribution in [2.45, 2.75) is 19.5 Å². The molecule has 32 heavy (non-hydrogen) atoms. The molecule has 1 amide bonds. The Morgan fingerprint density at radius 2 is 1.91 bits per heavy atom. The van der Waals surface area contributed by atoms with Crippen LogP contribution in [-0.2, 0) is 22.8 Å². The molecule has 9 nitrogen and oxygen atoms in total. The van der Waals surface area contributed by atoms with Crippen LogP contribution < -0.4 is 10.1 Å². The van der Waals surface area contributed by atoms with E-state index in [0.29, 0.717) is 17.1 Å². The van der Waals surface area contributed by atoms with Gasteiger partial charge < -0.3 is 23.9 Å². The number of hydrogen-bond donors (Lipinski definition) is 1. The van der Waals surface area contributed by atoms with Crippen molar-refractivity contribution in [1.29, 1.82) is 0 Å². The van der Waals surface area contributed by atoms with Gasteiger partial charge in [-0.25, -0.2) is 9.48 Å². The van der Waals surface area contributed by atoms with E-state index in [4.69, 9.17) is 9.15 Å². The number of methoxy groups -OCH3 is 1. The molecule has 0 radical (unpaired) electrons. The van der Waals surface area contributed by atoms with Crippen LogP contribution in [0.25, 0.3) is 0 Å². The number of carbonyl (C=O) groups excluding carboxylic acids is 2. The summed E-state index contributed by atoms with van der Waals surface area (Å²) in [6, 6.07) is 9.31. The zero-order valence-electron chi connectivity index (χ0n) is 16.7. The molecule has 0 aliphatic rings. The number of nitrogens with one attached hydrogen (secondary N) is 1. The highest BCUT2D eigenvalue weighted by atomic mass is 19.4. The van der Waals surface area contributed by atoms with Crippen LogP contribution in [0.3, 0.4) is 0 Å². The third-order valence-corrected chi connectivity index (χ3v) is 3.92. The minimum absolute atomic E-state index is 0.00529. The monoisotopic (exact) mass is 453 g/mol. The molecule has 0 saturated carbocycles. The predicted molar refractivity (Wildman–Crippen MR) is 103 cm³/mol. The zero-order valence-corrected chi connectivity index (χ0v) is 16.7. The van der Waals surface area contributed by atoms with Gasteiger partial charge >= 0.3 is 12.1 Å². The normalized spacial score (nSPS) is 11.2. The van der Waals surface area contributed by atoms with E-state index in [1.165, 1.54) is 25.6 Å². The predicted octanol–water partition coefficient (Wildman–Crippen LogP) is 3.63. The lowest BCUT2D eigenvalue weighted by Gasteiger charge is -2.07. The number of furan rings is 1. The summed E-state index contributed by atoms with van der Waals surface area (Å²) in [7, 11) is 1.29. The Morgan fingerprint density at radius 3 is 2.59 bits per heavy atom. The number of nitrogens with zero attached hydrogens (tertiary/aromatic N) is 2. The Bertz CT molecular complexity index is 1060.